The Bertz CT molecular complexity index is 665. The van der Waals surface area contributed by atoms with E-state index < -0.39 is 0 Å². The second kappa shape index (κ2) is 7.31. The maximum atomic E-state index is 11.8. The third-order valence-electron chi connectivity index (χ3n) is 3.33. The quantitative estimate of drug-likeness (QED) is 0.884. The number of hydrogen-bond donors (Lipinski definition) is 1. The van der Waals surface area contributed by atoms with Crippen LogP contribution < -0.4 is 5.32 Å². The molecule has 1 heterocycles. The van der Waals surface area contributed by atoms with Gasteiger partial charge < -0.3 is 10.1 Å². The van der Waals surface area contributed by atoms with E-state index in [9.17, 15) is 9.59 Å². The number of amides is 1. The number of thiazole rings is 1. The molecule has 0 aliphatic carbocycles. The smallest absolute Gasteiger partial charge is 0.220 e. The number of rotatable bonds is 6. The summed E-state index contributed by atoms with van der Waals surface area (Å²) in [7, 11) is 0. The summed E-state index contributed by atoms with van der Waals surface area (Å²) in [6, 6.07) is 9.89. The molecule has 0 bridgehead atoms. The van der Waals surface area contributed by atoms with Gasteiger partial charge >= 0.3 is 0 Å². The van der Waals surface area contributed by atoms with Gasteiger partial charge in [-0.2, -0.15) is 0 Å². The molecule has 0 radical (unpaired) electrons. The number of aromatic nitrogens is 1. The molecule has 2 aromatic rings. The summed E-state index contributed by atoms with van der Waals surface area (Å²) in [6.07, 6.45) is 0.526. The van der Waals surface area contributed by atoms with E-state index in [1.165, 1.54) is 6.92 Å². The van der Waals surface area contributed by atoms with Crippen LogP contribution in [-0.2, 0) is 9.59 Å². The second-order valence-corrected chi connectivity index (χ2v) is 6.36. The highest BCUT2D eigenvalue weighted by Gasteiger charge is 2.17. The summed E-state index contributed by atoms with van der Waals surface area (Å²) >= 11 is 1.59. The van der Waals surface area contributed by atoms with Crippen molar-refractivity contribution in [1.82, 2.24) is 10.3 Å². The number of carbonyl (C=O) groups excluding carboxylic acids is 2. The lowest BCUT2D eigenvalue weighted by Gasteiger charge is -2.12. The minimum absolute atomic E-state index is 0.0307. The van der Waals surface area contributed by atoms with Gasteiger partial charge in [0.2, 0.25) is 5.91 Å². The van der Waals surface area contributed by atoms with Gasteiger partial charge in [-0.05, 0) is 20.8 Å². The first-order chi connectivity index (χ1) is 10.5. The first-order valence-electron chi connectivity index (χ1n) is 7.29. The molecule has 1 amide bonds. The fourth-order valence-corrected chi connectivity index (χ4v) is 3.26. The summed E-state index contributed by atoms with van der Waals surface area (Å²) < 4.78 is 0. The molecule has 0 aliphatic heterocycles. The van der Waals surface area contributed by atoms with Gasteiger partial charge in [-0.3, -0.25) is 4.79 Å². The highest BCUT2D eigenvalue weighted by molar-refractivity contribution is 7.15. The van der Waals surface area contributed by atoms with Gasteiger partial charge in [0.25, 0.3) is 0 Å². The average Bonchev–Trinajstić information content (AvgIpc) is 2.88. The molecular weight excluding hydrogens is 296 g/mol. The molecule has 1 N–H and O–H groups in total. The number of nitrogens with one attached hydrogen (secondary N) is 1. The van der Waals surface area contributed by atoms with Gasteiger partial charge in [-0.15, -0.1) is 11.3 Å². The van der Waals surface area contributed by atoms with E-state index in [-0.39, 0.29) is 30.6 Å². The standard InChI is InChI=1S/C17H20N2O2S/c1-11(20)9-10-15(21)18-12(2)16-13(3)19-17(22-16)14-7-5-4-6-8-14/h4-8,12H,9-10H2,1-3H3,(H,18,21)/t12-/m1/s1. The monoisotopic (exact) mass is 316 g/mol. The minimum atomic E-state index is -0.102. The van der Waals surface area contributed by atoms with Crippen molar-refractivity contribution in [2.75, 3.05) is 0 Å². The van der Waals surface area contributed by atoms with Crippen LogP contribution in [0.15, 0.2) is 30.3 Å². The van der Waals surface area contributed by atoms with Gasteiger partial charge in [0, 0.05) is 18.4 Å². The molecule has 0 spiro atoms. The zero-order chi connectivity index (χ0) is 16.1. The molecule has 4 nitrogen and oxygen atoms in total. The Hall–Kier alpha value is -2.01. The zero-order valence-electron chi connectivity index (χ0n) is 13.1. The van der Waals surface area contributed by atoms with Crippen LogP contribution in [0.4, 0.5) is 0 Å². The lowest BCUT2D eigenvalue weighted by Crippen LogP contribution is -2.26. The minimum Gasteiger partial charge on any atom is -0.349 e. The Labute approximate surface area is 134 Å². The van der Waals surface area contributed by atoms with Crippen LogP contribution in [0.2, 0.25) is 0 Å². The van der Waals surface area contributed by atoms with Gasteiger partial charge in [-0.1, -0.05) is 30.3 Å². The van der Waals surface area contributed by atoms with Crippen LogP contribution in [0.3, 0.4) is 0 Å². The van der Waals surface area contributed by atoms with Crippen molar-refractivity contribution in [2.24, 2.45) is 0 Å². The maximum Gasteiger partial charge on any atom is 0.220 e. The molecule has 0 aliphatic rings. The van der Waals surface area contributed by atoms with Crippen LogP contribution in [0, 0.1) is 6.92 Å². The largest absolute Gasteiger partial charge is 0.349 e. The number of carbonyl (C=O) groups is 2. The molecule has 0 saturated carbocycles. The van der Waals surface area contributed by atoms with E-state index in [4.69, 9.17) is 0 Å². The molecule has 1 aromatic carbocycles. The molecule has 1 atom stereocenters. The summed E-state index contributed by atoms with van der Waals surface area (Å²) in [5.74, 6) is -0.0695. The Morgan fingerprint density at radius 1 is 1.23 bits per heavy atom. The van der Waals surface area contributed by atoms with Crippen molar-refractivity contribution in [1.29, 1.82) is 0 Å². The maximum absolute atomic E-state index is 11.8. The Kier molecular flexibility index (Phi) is 5.44. The molecular formula is C17H20N2O2S. The normalized spacial score (nSPS) is 12.0. The number of nitrogens with zero attached hydrogens (tertiary/aromatic N) is 1. The predicted octanol–water partition coefficient (Wildman–Crippen LogP) is 3.66. The lowest BCUT2D eigenvalue weighted by atomic mass is 10.2. The van der Waals surface area contributed by atoms with Crippen LogP contribution in [0.1, 0.15) is 43.3 Å². The lowest BCUT2D eigenvalue weighted by molar-refractivity contribution is -0.125. The molecule has 0 unspecified atom stereocenters. The summed E-state index contributed by atoms with van der Waals surface area (Å²) in [4.78, 5) is 28.4. The summed E-state index contributed by atoms with van der Waals surface area (Å²) in [5, 5.41) is 3.89. The highest BCUT2D eigenvalue weighted by atomic mass is 32.1. The number of hydrogen-bond acceptors (Lipinski definition) is 4. The Morgan fingerprint density at radius 3 is 2.55 bits per heavy atom. The fourth-order valence-electron chi connectivity index (χ4n) is 2.18. The van der Waals surface area contributed by atoms with Gasteiger partial charge in [0.05, 0.1) is 16.6 Å². The van der Waals surface area contributed by atoms with Crippen molar-refractivity contribution in [3.8, 4) is 10.6 Å². The van der Waals surface area contributed by atoms with Crippen LogP contribution in [0.5, 0.6) is 0 Å². The number of ketones is 1. The number of aryl methyl sites for hydroxylation is 1. The number of benzene rings is 1. The van der Waals surface area contributed by atoms with E-state index in [1.807, 2.05) is 44.2 Å². The second-order valence-electron chi connectivity index (χ2n) is 5.33. The molecule has 2 rings (SSSR count). The topological polar surface area (TPSA) is 59.1 Å². The van der Waals surface area contributed by atoms with Crippen LogP contribution in [0.25, 0.3) is 10.6 Å². The average molecular weight is 316 g/mol. The van der Waals surface area contributed by atoms with Gasteiger partial charge in [-0.25, -0.2) is 4.98 Å². The molecule has 1 aromatic heterocycles. The SMILES string of the molecule is CC(=O)CCC(=O)N[C@H](C)c1sc(-c2ccccc2)nc1C. The van der Waals surface area contributed by atoms with Crippen molar-refractivity contribution in [2.45, 2.75) is 39.7 Å². The van der Waals surface area contributed by atoms with E-state index >= 15 is 0 Å². The van der Waals surface area contributed by atoms with E-state index in [0.29, 0.717) is 0 Å². The zero-order valence-corrected chi connectivity index (χ0v) is 13.9. The summed E-state index contributed by atoms with van der Waals surface area (Å²) in [6.45, 7) is 5.40. The van der Waals surface area contributed by atoms with Crippen LogP contribution in [-0.4, -0.2) is 16.7 Å². The third-order valence-corrected chi connectivity index (χ3v) is 4.72. The molecule has 0 saturated heterocycles. The molecule has 116 valence electrons. The van der Waals surface area contributed by atoms with Crippen molar-refractivity contribution < 1.29 is 9.59 Å². The summed E-state index contributed by atoms with van der Waals surface area (Å²) in [5.41, 5.74) is 2.01. The predicted molar refractivity (Wildman–Crippen MR) is 88.8 cm³/mol. The van der Waals surface area contributed by atoms with Gasteiger partial charge in [0.15, 0.2) is 0 Å². The van der Waals surface area contributed by atoms with Crippen molar-refractivity contribution >= 4 is 23.0 Å². The van der Waals surface area contributed by atoms with Crippen LogP contribution >= 0.6 is 11.3 Å². The molecule has 22 heavy (non-hydrogen) atoms. The Balaban J connectivity index is 2.07. The third kappa shape index (κ3) is 4.24. The fraction of sp³-hybridized carbons (Fsp3) is 0.353. The van der Waals surface area contributed by atoms with Crippen molar-refractivity contribution in [3.63, 3.8) is 0 Å². The van der Waals surface area contributed by atoms with E-state index in [1.54, 1.807) is 11.3 Å². The number of Topliss-reactive ketones (excluding diaryl/α,β-unsaturated/α-hetero) is 1. The van der Waals surface area contributed by atoms with E-state index in [2.05, 4.69) is 10.3 Å². The first-order valence-corrected chi connectivity index (χ1v) is 8.10. The van der Waals surface area contributed by atoms with Crippen molar-refractivity contribution in [3.05, 3.63) is 40.9 Å². The first kappa shape index (κ1) is 16.4. The molecule has 0 fully saturated rings. The highest BCUT2D eigenvalue weighted by Crippen LogP contribution is 2.31. The van der Waals surface area contributed by atoms with E-state index in [0.717, 1.165) is 21.1 Å². The Morgan fingerprint density at radius 2 is 1.91 bits per heavy atom. The van der Waals surface area contributed by atoms with Gasteiger partial charge in [0.1, 0.15) is 10.8 Å². The molecule has 5 heteroatoms.